The molecule has 0 aliphatic carbocycles. The van der Waals surface area contributed by atoms with E-state index in [1.54, 1.807) is 32.0 Å². The van der Waals surface area contributed by atoms with Crippen LogP contribution in [0, 0.1) is 5.41 Å². The van der Waals surface area contributed by atoms with Gasteiger partial charge in [0, 0.05) is 25.1 Å². The van der Waals surface area contributed by atoms with Crippen molar-refractivity contribution in [2.24, 2.45) is 10.4 Å². The Kier molecular flexibility index (Phi) is 6.59. The number of rotatable bonds is 9. The first kappa shape index (κ1) is 20.9. The fourth-order valence-corrected chi connectivity index (χ4v) is 4.17. The van der Waals surface area contributed by atoms with Crippen LogP contribution in [0.15, 0.2) is 34.2 Å². The second-order valence-electron chi connectivity index (χ2n) is 6.50. The largest absolute Gasteiger partial charge is 0.481 e. The number of nitrogens with one attached hydrogen (secondary N) is 2. The number of hydrogen-bond acceptors (Lipinski definition) is 5. The Hall–Kier alpha value is -2.42. The third-order valence-electron chi connectivity index (χ3n) is 4.93. The number of nitrogens with zero attached hydrogens (tertiary/aromatic N) is 1. The number of carboxylic acid groups (broad SMARTS) is 1. The summed E-state index contributed by atoms with van der Waals surface area (Å²) in [7, 11) is -3.56. The van der Waals surface area contributed by atoms with E-state index in [1.165, 1.54) is 6.07 Å². The summed E-state index contributed by atoms with van der Waals surface area (Å²) in [4.78, 5) is 27.9. The molecule has 9 heteroatoms. The zero-order chi connectivity index (χ0) is 20.1. The van der Waals surface area contributed by atoms with E-state index in [1.807, 2.05) is 0 Å². The van der Waals surface area contributed by atoms with Gasteiger partial charge in [-0.05, 0) is 31.4 Å². The van der Waals surface area contributed by atoms with Crippen LogP contribution in [-0.4, -0.2) is 44.3 Å². The van der Waals surface area contributed by atoms with Gasteiger partial charge in [0.05, 0.1) is 10.3 Å². The van der Waals surface area contributed by atoms with Crippen LogP contribution < -0.4 is 10.0 Å². The predicted octanol–water partition coefficient (Wildman–Crippen LogP) is 1.51. The van der Waals surface area contributed by atoms with Gasteiger partial charge in [0.2, 0.25) is 5.91 Å². The highest BCUT2D eigenvalue weighted by atomic mass is 32.2. The van der Waals surface area contributed by atoms with Crippen molar-refractivity contribution >= 4 is 27.7 Å². The molecule has 27 heavy (non-hydrogen) atoms. The van der Waals surface area contributed by atoms with Crippen molar-refractivity contribution in [3.63, 3.8) is 0 Å². The van der Waals surface area contributed by atoms with Gasteiger partial charge in [0.1, 0.15) is 5.84 Å². The Morgan fingerprint density at radius 1 is 1.22 bits per heavy atom. The first-order valence-electron chi connectivity index (χ1n) is 8.92. The molecule has 1 heterocycles. The van der Waals surface area contributed by atoms with E-state index in [0.29, 0.717) is 24.8 Å². The normalized spacial score (nSPS) is 16.6. The van der Waals surface area contributed by atoms with E-state index in [0.717, 1.165) is 0 Å². The van der Waals surface area contributed by atoms with Gasteiger partial charge in [-0.15, -0.1) is 0 Å². The van der Waals surface area contributed by atoms with E-state index in [9.17, 15) is 23.1 Å². The lowest BCUT2D eigenvalue weighted by molar-refractivity contribution is -0.149. The molecule has 0 saturated heterocycles. The molecule has 0 fully saturated rings. The van der Waals surface area contributed by atoms with Crippen molar-refractivity contribution in [1.29, 1.82) is 0 Å². The Morgan fingerprint density at radius 2 is 1.89 bits per heavy atom. The molecule has 1 aromatic carbocycles. The topological polar surface area (TPSA) is 125 Å². The van der Waals surface area contributed by atoms with E-state index in [2.05, 4.69) is 15.0 Å². The summed E-state index contributed by atoms with van der Waals surface area (Å²) >= 11 is 0. The molecule has 0 radical (unpaired) electrons. The Bertz CT molecular complexity index is 844. The Labute approximate surface area is 159 Å². The molecular weight excluding hydrogens is 370 g/mol. The van der Waals surface area contributed by atoms with Gasteiger partial charge < -0.3 is 10.4 Å². The summed E-state index contributed by atoms with van der Waals surface area (Å²) in [5.41, 5.74) is -0.416. The van der Waals surface area contributed by atoms with Crippen molar-refractivity contribution < 1.29 is 23.1 Å². The molecule has 1 aliphatic heterocycles. The fraction of sp³-hybridized carbons (Fsp3) is 0.500. The molecule has 0 bridgehead atoms. The smallest absolute Gasteiger partial charge is 0.311 e. The average Bonchev–Trinajstić information content (AvgIpc) is 2.91. The van der Waals surface area contributed by atoms with Crippen molar-refractivity contribution in [2.45, 2.75) is 44.4 Å². The van der Waals surface area contributed by atoms with Gasteiger partial charge in [-0.1, -0.05) is 26.0 Å². The minimum atomic E-state index is -3.56. The predicted molar refractivity (Wildman–Crippen MR) is 101 cm³/mol. The van der Waals surface area contributed by atoms with Crippen LogP contribution in [0.1, 0.15) is 45.1 Å². The first-order valence-corrected chi connectivity index (χ1v) is 10.4. The van der Waals surface area contributed by atoms with Crippen LogP contribution in [-0.2, 0) is 19.6 Å². The van der Waals surface area contributed by atoms with E-state index >= 15 is 0 Å². The van der Waals surface area contributed by atoms with Crippen LogP contribution in [0.4, 0.5) is 0 Å². The quantitative estimate of drug-likeness (QED) is 0.547. The zero-order valence-electron chi connectivity index (χ0n) is 15.5. The summed E-state index contributed by atoms with van der Waals surface area (Å²) in [6, 6.07) is 6.58. The van der Waals surface area contributed by atoms with E-state index in [-0.39, 0.29) is 36.1 Å². The van der Waals surface area contributed by atoms with Crippen molar-refractivity contribution in [2.75, 3.05) is 13.1 Å². The fourth-order valence-electron chi connectivity index (χ4n) is 2.92. The number of carbonyl (C=O) groups is 2. The molecule has 0 aromatic heterocycles. The lowest BCUT2D eigenvalue weighted by Gasteiger charge is -2.26. The number of fused-ring (bicyclic) bond motifs is 1. The maximum Gasteiger partial charge on any atom is 0.311 e. The lowest BCUT2D eigenvalue weighted by Crippen LogP contribution is -2.42. The van der Waals surface area contributed by atoms with Gasteiger partial charge in [-0.25, -0.2) is 8.42 Å². The number of sulfonamides is 1. The summed E-state index contributed by atoms with van der Waals surface area (Å²) < 4.78 is 26.4. The van der Waals surface area contributed by atoms with Crippen LogP contribution in [0.3, 0.4) is 0 Å². The second kappa shape index (κ2) is 8.51. The minimum absolute atomic E-state index is 0.0931. The number of amides is 1. The Balaban J connectivity index is 1.86. The van der Waals surface area contributed by atoms with Crippen molar-refractivity contribution in [1.82, 2.24) is 10.0 Å². The standard InChI is InChI=1S/C18H25N3O5S/c1-3-18(4-2,17(23)24)12-20-15(22)10-7-11-19-16-13-8-5-6-9-14(13)27(25,26)21-16/h5-6,8-9H,3-4,7,10-12H2,1-2H3,(H,19,21)(H,20,22)(H,23,24). The number of amidine groups is 1. The number of hydrogen-bond donors (Lipinski definition) is 3. The lowest BCUT2D eigenvalue weighted by atomic mass is 9.82. The van der Waals surface area contributed by atoms with Gasteiger partial charge in [-0.2, -0.15) is 0 Å². The third-order valence-corrected chi connectivity index (χ3v) is 6.32. The van der Waals surface area contributed by atoms with Crippen LogP contribution in [0.5, 0.6) is 0 Å². The van der Waals surface area contributed by atoms with Gasteiger partial charge in [0.25, 0.3) is 10.0 Å². The molecule has 0 unspecified atom stereocenters. The highest BCUT2D eigenvalue weighted by Gasteiger charge is 2.35. The van der Waals surface area contributed by atoms with Gasteiger partial charge in [-0.3, -0.25) is 19.3 Å². The van der Waals surface area contributed by atoms with Crippen molar-refractivity contribution in [3.8, 4) is 0 Å². The maximum atomic E-state index is 12.0. The zero-order valence-corrected chi connectivity index (χ0v) is 16.3. The molecular formula is C18H25N3O5S. The molecule has 0 spiro atoms. The highest BCUT2D eigenvalue weighted by Crippen LogP contribution is 2.25. The van der Waals surface area contributed by atoms with Crippen LogP contribution in [0.25, 0.3) is 0 Å². The highest BCUT2D eigenvalue weighted by molar-refractivity contribution is 7.90. The third kappa shape index (κ3) is 4.65. The molecule has 3 N–H and O–H groups in total. The SMILES string of the molecule is CCC(CC)(CNC(=O)CCCN=C1NS(=O)(=O)c2ccccc21)C(=O)O. The molecule has 1 amide bonds. The molecule has 2 rings (SSSR count). The van der Waals surface area contributed by atoms with Crippen LogP contribution >= 0.6 is 0 Å². The monoisotopic (exact) mass is 395 g/mol. The summed E-state index contributed by atoms with van der Waals surface area (Å²) in [5, 5.41) is 12.1. The first-order chi connectivity index (χ1) is 12.8. The Morgan fingerprint density at radius 3 is 2.52 bits per heavy atom. The number of aliphatic imine (C=N–C) groups is 1. The molecule has 1 aliphatic rings. The summed E-state index contributed by atoms with van der Waals surface area (Å²) in [6.45, 7) is 3.96. The molecule has 0 saturated carbocycles. The maximum absolute atomic E-state index is 12.0. The van der Waals surface area contributed by atoms with Gasteiger partial charge >= 0.3 is 5.97 Å². The van der Waals surface area contributed by atoms with E-state index in [4.69, 9.17) is 0 Å². The minimum Gasteiger partial charge on any atom is -0.481 e. The van der Waals surface area contributed by atoms with Crippen LogP contribution in [0.2, 0.25) is 0 Å². The molecule has 0 atom stereocenters. The number of benzene rings is 1. The summed E-state index contributed by atoms with van der Waals surface area (Å²) in [6.07, 6.45) is 1.49. The number of aliphatic carboxylic acids is 1. The number of carboxylic acids is 1. The summed E-state index contributed by atoms with van der Waals surface area (Å²) in [5.74, 6) is -0.866. The molecule has 148 valence electrons. The van der Waals surface area contributed by atoms with E-state index < -0.39 is 21.4 Å². The molecule has 8 nitrogen and oxygen atoms in total. The molecule has 1 aromatic rings. The van der Waals surface area contributed by atoms with Crippen molar-refractivity contribution in [3.05, 3.63) is 29.8 Å². The van der Waals surface area contributed by atoms with Gasteiger partial charge in [0.15, 0.2) is 0 Å². The second-order valence-corrected chi connectivity index (χ2v) is 8.16. The number of carbonyl (C=O) groups excluding carboxylic acids is 1. The average molecular weight is 395 g/mol.